The Morgan fingerprint density at radius 3 is 2.72 bits per heavy atom. The lowest BCUT2D eigenvalue weighted by Gasteiger charge is -2.12. The third-order valence-corrected chi connectivity index (χ3v) is 4.75. The smallest absolute Gasteiger partial charge is 0.335 e. The number of rotatable bonds is 3. The molecule has 0 aliphatic heterocycles. The van der Waals surface area contributed by atoms with Crippen LogP contribution < -0.4 is 10.5 Å². The van der Waals surface area contributed by atoms with Gasteiger partial charge in [0, 0.05) is 44.5 Å². The van der Waals surface area contributed by atoms with Gasteiger partial charge in [-0.1, -0.05) is 23.4 Å². The van der Waals surface area contributed by atoms with Crippen LogP contribution in [0.2, 0.25) is 0 Å². The lowest BCUT2D eigenvalue weighted by molar-refractivity contribution is 0.0697. The van der Waals surface area contributed by atoms with Crippen LogP contribution in [-0.2, 0) is 0 Å². The maximum Gasteiger partial charge on any atom is 0.335 e. The van der Waals surface area contributed by atoms with E-state index in [0.29, 0.717) is 11.3 Å². The molecule has 2 heterocycles. The second-order valence-corrected chi connectivity index (χ2v) is 7.07. The minimum Gasteiger partial charge on any atom is -0.478 e. The number of nitrogens with zero attached hydrogens (tertiary/aromatic N) is 2. The van der Waals surface area contributed by atoms with Crippen molar-refractivity contribution >= 4 is 54.6 Å². The first-order chi connectivity index (χ1) is 12.1. The molecule has 0 spiro atoms. The van der Waals surface area contributed by atoms with Gasteiger partial charge in [0.25, 0.3) is 0 Å². The van der Waals surface area contributed by atoms with Crippen molar-refractivity contribution < 1.29 is 9.90 Å². The van der Waals surface area contributed by atoms with E-state index in [1.54, 1.807) is 30.6 Å². The summed E-state index contributed by atoms with van der Waals surface area (Å²) >= 11 is 0. The van der Waals surface area contributed by atoms with Crippen LogP contribution in [0.1, 0.15) is 10.4 Å². The number of pyridine rings is 2. The van der Waals surface area contributed by atoms with Gasteiger partial charge in [-0.2, -0.15) is 0 Å². The summed E-state index contributed by atoms with van der Waals surface area (Å²) in [5.41, 5.74) is 1.81. The molecule has 4 rings (SSSR count). The summed E-state index contributed by atoms with van der Waals surface area (Å²) in [6.45, 7) is 0. The Morgan fingerprint density at radius 2 is 1.92 bits per heavy atom. The van der Waals surface area contributed by atoms with Crippen LogP contribution in [0.25, 0.3) is 21.7 Å². The third-order valence-electron chi connectivity index (χ3n) is 4.12. The summed E-state index contributed by atoms with van der Waals surface area (Å²) in [7, 11) is 0.971. The molecule has 6 heteroatoms. The zero-order valence-corrected chi connectivity index (χ0v) is 15.5. The van der Waals surface area contributed by atoms with Crippen LogP contribution in [0, 0.1) is 0 Å². The van der Waals surface area contributed by atoms with E-state index in [1.807, 2.05) is 18.2 Å². The van der Waals surface area contributed by atoms with Crippen molar-refractivity contribution in [3.05, 3.63) is 66.5 Å². The van der Waals surface area contributed by atoms with Gasteiger partial charge in [0.2, 0.25) is 0 Å². The highest BCUT2D eigenvalue weighted by atomic mass is 28.1. The molecular formula is C19H15N3O2Si. The maximum absolute atomic E-state index is 11.3. The molecule has 0 fully saturated rings. The van der Waals surface area contributed by atoms with Crippen molar-refractivity contribution in [3.8, 4) is 0 Å². The highest BCUT2D eigenvalue weighted by molar-refractivity contribution is 6.32. The third kappa shape index (κ3) is 2.83. The van der Waals surface area contributed by atoms with Gasteiger partial charge in [-0.05, 0) is 30.3 Å². The average Bonchev–Trinajstić information content (AvgIpc) is 2.61. The quantitative estimate of drug-likeness (QED) is 0.440. The summed E-state index contributed by atoms with van der Waals surface area (Å²) in [6, 6.07) is 15.1. The Bertz CT molecular complexity index is 1130. The minimum absolute atomic E-state index is 0.218. The predicted molar refractivity (Wildman–Crippen MR) is 103 cm³/mol. The molecule has 2 aromatic heterocycles. The normalized spacial score (nSPS) is 11.0. The fraction of sp³-hybridized carbons (Fsp3) is 0. The van der Waals surface area contributed by atoms with Crippen LogP contribution in [-0.4, -0.2) is 31.3 Å². The number of nitrogens with one attached hydrogen (secondary N) is 1. The van der Waals surface area contributed by atoms with Gasteiger partial charge < -0.3 is 10.4 Å². The Labute approximate surface area is 146 Å². The Kier molecular flexibility index (Phi) is 3.66. The number of aromatic carboxylic acids is 1. The van der Waals surface area contributed by atoms with E-state index in [1.165, 1.54) is 5.19 Å². The van der Waals surface area contributed by atoms with E-state index in [9.17, 15) is 9.90 Å². The first kappa shape index (κ1) is 15.3. The number of fused-ring (bicyclic) bond motifs is 3. The molecule has 4 aromatic rings. The molecule has 0 bridgehead atoms. The molecule has 5 nitrogen and oxygen atoms in total. The molecule has 0 atom stereocenters. The summed E-state index contributed by atoms with van der Waals surface area (Å²) in [4.78, 5) is 20.2. The van der Waals surface area contributed by atoms with Crippen molar-refractivity contribution in [2.45, 2.75) is 0 Å². The molecule has 25 heavy (non-hydrogen) atoms. The number of carbonyl (C=O) groups is 1. The van der Waals surface area contributed by atoms with E-state index in [2.05, 4.69) is 27.4 Å². The first-order valence-electron chi connectivity index (χ1n) is 7.86. The number of aromatic nitrogens is 2. The molecule has 0 aliphatic rings. The zero-order chi connectivity index (χ0) is 17.4. The molecule has 0 saturated heterocycles. The van der Waals surface area contributed by atoms with Gasteiger partial charge in [-0.15, -0.1) is 0 Å². The molecule has 0 unspecified atom stereocenters. The monoisotopic (exact) mass is 345 g/mol. The van der Waals surface area contributed by atoms with Crippen LogP contribution in [0.3, 0.4) is 0 Å². The zero-order valence-electron chi connectivity index (χ0n) is 13.5. The second-order valence-electron chi connectivity index (χ2n) is 5.91. The van der Waals surface area contributed by atoms with Crippen molar-refractivity contribution in [3.63, 3.8) is 0 Å². The standard InChI is InChI=1S/C19H15N3O2Si/c23-19(24)11-4-5-14-16-10-20-7-6-15(16)18(22-17(14)8-11)21-12-2-1-3-13(25)9-12/h1-10H,25H3,(H,21,22)(H,23,24). The summed E-state index contributed by atoms with van der Waals surface area (Å²) in [6.07, 6.45) is 3.52. The van der Waals surface area contributed by atoms with Crippen molar-refractivity contribution in [1.29, 1.82) is 0 Å². The predicted octanol–water partition coefficient (Wildman–Crippen LogP) is 2.22. The Balaban J connectivity index is 1.96. The van der Waals surface area contributed by atoms with Crippen molar-refractivity contribution in [1.82, 2.24) is 9.97 Å². The number of carboxylic acid groups (broad SMARTS) is 1. The fourth-order valence-corrected chi connectivity index (χ4v) is 3.44. The number of benzene rings is 2. The number of carboxylic acids is 1. The summed E-state index contributed by atoms with van der Waals surface area (Å²) in [5, 5.41) is 16.7. The molecule has 2 N–H and O–H groups in total. The summed E-state index contributed by atoms with van der Waals surface area (Å²) < 4.78 is 0. The number of hydrogen-bond donors (Lipinski definition) is 2. The van der Waals surface area contributed by atoms with E-state index in [0.717, 1.165) is 32.1 Å². The lowest BCUT2D eigenvalue weighted by Crippen LogP contribution is -2.04. The second kappa shape index (κ2) is 5.99. The van der Waals surface area contributed by atoms with Crippen molar-refractivity contribution in [2.24, 2.45) is 0 Å². The molecule has 0 aliphatic carbocycles. The van der Waals surface area contributed by atoms with Gasteiger partial charge in [0.05, 0.1) is 11.1 Å². The molecule has 0 radical (unpaired) electrons. The number of hydrogen-bond acceptors (Lipinski definition) is 4. The SMILES string of the molecule is O=C(O)c1ccc2c(c1)nc(Nc1cccc([SiH3])c1)c1ccncc12. The largest absolute Gasteiger partial charge is 0.478 e. The van der Waals surface area contributed by atoms with Crippen LogP contribution in [0.15, 0.2) is 60.9 Å². The number of anilines is 2. The molecule has 0 saturated carbocycles. The van der Waals surface area contributed by atoms with Gasteiger partial charge in [-0.3, -0.25) is 4.98 Å². The highest BCUT2D eigenvalue weighted by Crippen LogP contribution is 2.30. The van der Waals surface area contributed by atoms with Gasteiger partial charge in [-0.25, -0.2) is 9.78 Å². The van der Waals surface area contributed by atoms with E-state index < -0.39 is 5.97 Å². The van der Waals surface area contributed by atoms with Crippen LogP contribution >= 0.6 is 0 Å². The summed E-state index contributed by atoms with van der Waals surface area (Å²) in [5.74, 6) is -0.271. The van der Waals surface area contributed by atoms with Crippen molar-refractivity contribution in [2.75, 3.05) is 5.32 Å². The molecule has 122 valence electrons. The van der Waals surface area contributed by atoms with E-state index in [4.69, 9.17) is 0 Å². The fourth-order valence-electron chi connectivity index (χ4n) is 2.94. The van der Waals surface area contributed by atoms with Crippen LogP contribution in [0.4, 0.5) is 11.5 Å². The van der Waals surface area contributed by atoms with E-state index in [-0.39, 0.29) is 5.56 Å². The Morgan fingerprint density at radius 1 is 1.04 bits per heavy atom. The lowest BCUT2D eigenvalue weighted by atomic mass is 10.1. The first-order valence-corrected chi connectivity index (χ1v) is 8.86. The van der Waals surface area contributed by atoms with Gasteiger partial charge in [0.1, 0.15) is 5.82 Å². The van der Waals surface area contributed by atoms with E-state index >= 15 is 0 Å². The van der Waals surface area contributed by atoms with Gasteiger partial charge >= 0.3 is 5.97 Å². The van der Waals surface area contributed by atoms with Gasteiger partial charge in [0.15, 0.2) is 0 Å². The van der Waals surface area contributed by atoms with Crippen LogP contribution in [0.5, 0.6) is 0 Å². The average molecular weight is 345 g/mol. The minimum atomic E-state index is -0.965. The molecule has 0 amide bonds. The highest BCUT2D eigenvalue weighted by Gasteiger charge is 2.11. The molecule has 2 aromatic carbocycles. The maximum atomic E-state index is 11.3. The topological polar surface area (TPSA) is 75.1 Å². The Hall–Kier alpha value is -3.25. The molecular weight excluding hydrogens is 330 g/mol.